The molecule has 6 heteroatoms. The molecule has 4 nitrogen and oxygen atoms in total. The summed E-state index contributed by atoms with van der Waals surface area (Å²) >= 11 is 12.4. The summed E-state index contributed by atoms with van der Waals surface area (Å²) in [5.41, 5.74) is 4.10. The maximum atomic E-state index is 12.5. The molecule has 1 aliphatic rings. The summed E-state index contributed by atoms with van der Waals surface area (Å²) in [5, 5.41) is 4.59. The minimum Gasteiger partial charge on any atom is -0.375 e. The fourth-order valence-electron chi connectivity index (χ4n) is 3.30. The second-order valence-electron chi connectivity index (χ2n) is 6.64. The number of aryl methyl sites for hydroxylation is 2. The predicted octanol–water partition coefficient (Wildman–Crippen LogP) is 4.37. The Labute approximate surface area is 164 Å². The number of piperazine rings is 1. The summed E-state index contributed by atoms with van der Waals surface area (Å²) < 4.78 is 0. The third-order valence-corrected chi connectivity index (χ3v) is 5.19. The third-order valence-electron chi connectivity index (χ3n) is 4.65. The van der Waals surface area contributed by atoms with Crippen LogP contribution in [0.5, 0.6) is 0 Å². The van der Waals surface area contributed by atoms with E-state index < -0.39 is 0 Å². The van der Waals surface area contributed by atoms with Gasteiger partial charge in [0.15, 0.2) is 0 Å². The van der Waals surface area contributed by atoms with Crippen LogP contribution >= 0.6 is 23.2 Å². The number of nitrogens with one attached hydrogen (secondary N) is 1. The van der Waals surface area contributed by atoms with Crippen molar-refractivity contribution in [3.8, 4) is 0 Å². The quantitative estimate of drug-likeness (QED) is 0.839. The van der Waals surface area contributed by atoms with Crippen molar-refractivity contribution in [3.63, 3.8) is 0 Å². The van der Waals surface area contributed by atoms with Crippen molar-refractivity contribution in [2.45, 2.75) is 13.8 Å². The number of hydrogen-bond donors (Lipinski definition) is 1. The average Bonchev–Trinajstić information content (AvgIpc) is 2.61. The van der Waals surface area contributed by atoms with Crippen LogP contribution in [0.3, 0.4) is 0 Å². The zero-order valence-electron chi connectivity index (χ0n) is 15.1. The number of benzene rings is 2. The smallest absolute Gasteiger partial charge is 0.241 e. The second-order valence-corrected chi connectivity index (χ2v) is 7.48. The lowest BCUT2D eigenvalue weighted by molar-refractivity contribution is -0.129. The van der Waals surface area contributed by atoms with Gasteiger partial charge in [-0.05, 0) is 49.2 Å². The molecular formula is C20H23Cl2N3O. The number of amides is 1. The Hall–Kier alpha value is -1.91. The Morgan fingerprint density at radius 2 is 1.81 bits per heavy atom. The van der Waals surface area contributed by atoms with Gasteiger partial charge in [0.1, 0.15) is 0 Å². The van der Waals surface area contributed by atoms with Crippen LogP contribution in [0.4, 0.5) is 11.4 Å². The summed E-state index contributed by atoms with van der Waals surface area (Å²) in [6, 6.07) is 11.8. The zero-order chi connectivity index (χ0) is 18.7. The molecule has 1 amide bonds. The van der Waals surface area contributed by atoms with Crippen LogP contribution in [0, 0.1) is 13.8 Å². The monoisotopic (exact) mass is 391 g/mol. The molecule has 138 valence electrons. The first-order valence-corrected chi connectivity index (χ1v) is 9.48. The Balaban J connectivity index is 1.54. The third kappa shape index (κ3) is 4.43. The summed E-state index contributed by atoms with van der Waals surface area (Å²) in [6.45, 7) is 7.26. The van der Waals surface area contributed by atoms with Crippen LogP contribution in [0.25, 0.3) is 0 Å². The normalized spacial score (nSPS) is 14.5. The first-order valence-electron chi connectivity index (χ1n) is 8.73. The molecule has 2 aromatic rings. The fourth-order valence-corrected chi connectivity index (χ4v) is 3.87. The number of halogens is 2. The standard InChI is InChI=1S/C20H23Cl2N3O/c1-14-10-15(2)20(18(22)11-14)23-13-19(26)25-8-6-24(7-9-25)17-5-3-4-16(21)12-17/h3-5,10-12,23H,6-9,13H2,1-2H3. The molecular weight excluding hydrogens is 369 g/mol. The topological polar surface area (TPSA) is 35.6 Å². The van der Waals surface area contributed by atoms with E-state index in [9.17, 15) is 4.79 Å². The lowest BCUT2D eigenvalue weighted by Gasteiger charge is -2.36. The van der Waals surface area contributed by atoms with Gasteiger partial charge in [-0.3, -0.25) is 4.79 Å². The van der Waals surface area contributed by atoms with Crippen LogP contribution in [-0.2, 0) is 4.79 Å². The maximum absolute atomic E-state index is 12.5. The Morgan fingerprint density at radius 3 is 2.46 bits per heavy atom. The highest BCUT2D eigenvalue weighted by Crippen LogP contribution is 2.27. The van der Waals surface area contributed by atoms with Crippen molar-refractivity contribution >= 4 is 40.5 Å². The number of hydrogen-bond acceptors (Lipinski definition) is 3. The molecule has 2 aromatic carbocycles. The molecule has 0 radical (unpaired) electrons. The molecule has 1 heterocycles. The van der Waals surface area contributed by atoms with Gasteiger partial charge in [-0.25, -0.2) is 0 Å². The van der Waals surface area contributed by atoms with Crippen LogP contribution in [-0.4, -0.2) is 43.5 Å². The van der Waals surface area contributed by atoms with E-state index in [0.29, 0.717) is 18.1 Å². The van der Waals surface area contributed by atoms with E-state index in [-0.39, 0.29) is 12.5 Å². The highest BCUT2D eigenvalue weighted by atomic mass is 35.5. The fraction of sp³-hybridized carbons (Fsp3) is 0.350. The van der Waals surface area contributed by atoms with Crippen molar-refractivity contribution in [1.29, 1.82) is 0 Å². The highest BCUT2D eigenvalue weighted by molar-refractivity contribution is 6.33. The summed E-state index contributed by atoms with van der Waals surface area (Å²) in [4.78, 5) is 16.7. The molecule has 1 N–H and O–H groups in total. The number of carbonyl (C=O) groups is 1. The molecule has 0 aliphatic carbocycles. The van der Waals surface area contributed by atoms with Gasteiger partial charge in [-0.2, -0.15) is 0 Å². The molecule has 0 bridgehead atoms. The van der Waals surface area contributed by atoms with Gasteiger partial charge in [0.05, 0.1) is 17.3 Å². The van der Waals surface area contributed by atoms with E-state index in [1.165, 1.54) is 0 Å². The summed E-state index contributed by atoms with van der Waals surface area (Å²) in [7, 11) is 0. The molecule has 1 aliphatic heterocycles. The van der Waals surface area contributed by atoms with Gasteiger partial charge in [0.2, 0.25) is 5.91 Å². The number of anilines is 2. The van der Waals surface area contributed by atoms with E-state index in [1.807, 2.05) is 49.1 Å². The van der Waals surface area contributed by atoms with Crippen molar-refractivity contribution in [1.82, 2.24) is 4.90 Å². The lowest BCUT2D eigenvalue weighted by Crippen LogP contribution is -2.50. The van der Waals surface area contributed by atoms with Gasteiger partial charge in [-0.1, -0.05) is 35.3 Å². The number of nitrogens with zero attached hydrogens (tertiary/aromatic N) is 2. The van der Waals surface area contributed by atoms with Gasteiger partial charge in [-0.15, -0.1) is 0 Å². The van der Waals surface area contributed by atoms with Gasteiger partial charge in [0, 0.05) is 36.9 Å². The average molecular weight is 392 g/mol. The van der Waals surface area contributed by atoms with E-state index >= 15 is 0 Å². The van der Waals surface area contributed by atoms with E-state index in [2.05, 4.69) is 16.3 Å². The molecule has 0 atom stereocenters. The second kappa shape index (κ2) is 8.19. The van der Waals surface area contributed by atoms with E-state index in [0.717, 1.165) is 40.6 Å². The van der Waals surface area contributed by atoms with Crippen molar-refractivity contribution in [3.05, 3.63) is 57.6 Å². The minimum atomic E-state index is 0.0896. The Kier molecular flexibility index (Phi) is 5.94. The maximum Gasteiger partial charge on any atom is 0.241 e. The minimum absolute atomic E-state index is 0.0896. The molecule has 0 saturated carbocycles. The van der Waals surface area contributed by atoms with E-state index in [4.69, 9.17) is 23.2 Å². The van der Waals surface area contributed by atoms with Crippen molar-refractivity contribution in [2.75, 3.05) is 42.9 Å². The van der Waals surface area contributed by atoms with Crippen LogP contribution in [0.2, 0.25) is 10.0 Å². The van der Waals surface area contributed by atoms with Crippen molar-refractivity contribution < 1.29 is 4.79 Å². The molecule has 0 spiro atoms. The van der Waals surface area contributed by atoms with Crippen molar-refractivity contribution in [2.24, 2.45) is 0 Å². The summed E-state index contributed by atoms with van der Waals surface area (Å²) in [6.07, 6.45) is 0. The number of carbonyl (C=O) groups excluding carboxylic acids is 1. The molecule has 1 fully saturated rings. The SMILES string of the molecule is Cc1cc(C)c(NCC(=O)N2CCN(c3cccc(Cl)c3)CC2)c(Cl)c1. The summed E-state index contributed by atoms with van der Waals surface area (Å²) in [5.74, 6) is 0.0896. The Bertz CT molecular complexity index is 778. The predicted molar refractivity (Wildman–Crippen MR) is 110 cm³/mol. The first-order chi connectivity index (χ1) is 12.4. The van der Waals surface area contributed by atoms with Gasteiger partial charge >= 0.3 is 0 Å². The molecule has 1 saturated heterocycles. The van der Waals surface area contributed by atoms with E-state index in [1.54, 1.807) is 0 Å². The zero-order valence-corrected chi connectivity index (χ0v) is 16.6. The lowest BCUT2D eigenvalue weighted by atomic mass is 10.1. The molecule has 3 rings (SSSR count). The van der Waals surface area contributed by atoms with Crippen LogP contribution < -0.4 is 10.2 Å². The molecule has 26 heavy (non-hydrogen) atoms. The molecule has 0 aromatic heterocycles. The largest absolute Gasteiger partial charge is 0.375 e. The highest BCUT2D eigenvalue weighted by Gasteiger charge is 2.21. The first kappa shape index (κ1) is 18.9. The van der Waals surface area contributed by atoms with Gasteiger partial charge in [0.25, 0.3) is 0 Å². The molecule has 0 unspecified atom stereocenters. The van der Waals surface area contributed by atoms with Crippen LogP contribution in [0.1, 0.15) is 11.1 Å². The number of rotatable bonds is 4. The van der Waals surface area contributed by atoms with Gasteiger partial charge < -0.3 is 15.1 Å². The van der Waals surface area contributed by atoms with Crippen LogP contribution in [0.15, 0.2) is 36.4 Å². The Morgan fingerprint density at radius 1 is 1.08 bits per heavy atom.